The van der Waals surface area contributed by atoms with E-state index < -0.39 is 10.0 Å². The predicted molar refractivity (Wildman–Crippen MR) is 83.6 cm³/mol. The summed E-state index contributed by atoms with van der Waals surface area (Å²) in [5.74, 6) is 0. The quantitative estimate of drug-likeness (QED) is 0.901. The van der Waals surface area contributed by atoms with Gasteiger partial charge in [-0.15, -0.1) is 0 Å². The first-order chi connectivity index (χ1) is 9.29. The van der Waals surface area contributed by atoms with Crippen LogP contribution >= 0.6 is 0 Å². The van der Waals surface area contributed by atoms with E-state index in [0.29, 0.717) is 12.2 Å². The van der Waals surface area contributed by atoms with Gasteiger partial charge in [-0.3, -0.25) is 4.72 Å². The van der Waals surface area contributed by atoms with Crippen LogP contribution in [-0.2, 0) is 15.4 Å². The molecule has 0 saturated carbocycles. The van der Waals surface area contributed by atoms with Crippen LogP contribution < -0.4 is 10.0 Å². The maximum atomic E-state index is 12.3. The lowest BCUT2D eigenvalue weighted by Crippen LogP contribution is -2.41. The van der Waals surface area contributed by atoms with Crippen molar-refractivity contribution in [1.82, 2.24) is 5.32 Å². The molecule has 0 spiro atoms. The van der Waals surface area contributed by atoms with Crippen molar-refractivity contribution in [2.24, 2.45) is 0 Å². The second-order valence-electron chi connectivity index (χ2n) is 6.44. The fraction of sp³-hybridized carbons (Fsp3) is 0.600. The third kappa shape index (κ3) is 3.73. The van der Waals surface area contributed by atoms with Crippen LogP contribution in [0.5, 0.6) is 0 Å². The van der Waals surface area contributed by atoms with Crippen molar-refractivity contribution < 1.29 is 8.42 Å². The second-order valence-corrected chi connectivity index (χ2v) is 8.40. The maximum absolute atomic E-state index is 12.3. The highest BCUT2D eigenvalue weighted by molar-refractivity contribution is 7.93. The molecule has 0 radical (unpaired) electrons. The van der Waals surface area contributed by atoms with Crippen LogP contribution in [0.2, 0.25) is 0 Å². The molecule has 1 heterocycles. The third-order valence-electron chi connectivity index (χ3n) is 3.70. The van der Waals surface area contributed by atoms with Gasteiger partial charge in [-0.2, -0.15) is 0 Å². The average Bonchev–Trinajstić information content (AvgIpc) is 2.39. The maximum Gasteiger partial charge on any atom is 0.236 e. The highest BCUT2D eigenvalue weighted by Crippen LogP contribution is 2.24. The van der Waals surface area contributed by atoms with E-state index in [1.807, 2.05) is 24.3 Å². The Morgan fingerprint density at radius 2 is 1.85 bits per heavy atom. The Kier molecular flexibility index (Phi) is 4.39. The molecule has 1 aromatic carbocycles. The van der Waals surface area contributed by atoms with Gasteiger partial charge in [-0.05, 0) is 42.5 Å². The van der Waals surface area contributed by atoms with Crippen molar-refractivity contribution in [1.29, 1.82) is 0 Å². The number of hydrogen-bond acceptors (Lipinski definition) is 3. The Morgan fingerprint density at radius 1 is 1.20 bits per heavy atom. The van der Waals surface area contributed by atoms with Crippen LogP contribution in [0.25, 0.3) is 0 Å². The lowest BCUT2D eigenvalue weighted by Gasteiger charge is -2.24. The average molecular weight is 296 g/mol. The molecule has 0 bridgehead atoms. The number of piperidine rings is 1. The van der Waals surface area contributed by atoms with E-state index in [4.69, 9.17) is 0 Å². The molecule has 0 amide bonds. The molecule has 112 valence electrons. The molecule has 1 aromatic rings. The summed E-state index contributed by atoms with van der Waals surface area (Å²) in [6.45, 7) is 7.86. The Morgan fingerprint density at radius 3 is 2.35 bits per heavy atom. The second kappa shape index (κ2) is 5.74. The summed E-state index contributed by atoms with van der Waals surface area (Å²) < 4.78 is 27.3. The number of anilines is 1. The van der Waals surface area contributed by atoms with Gasteiger partial charge < -0.3 is 5.32 Å². The summed E-state index contributed by atoms with van der Waals surface area (Å²) in [5, 5.41) is 2.80. The van der Waals surface area contributed by atoms with Crippen molar-refractivity contribution in [2.75, 3.05) is 17.8 Å². The number of rotatable bonds is 3. The molecule has 1 saturated heterocycles. The van der Waals surface area contributed by atoms with Crippen LogP contribution in [0.4, 0.5) is 5.69 Å². The van der Waals surface area contributed by atoms with Crippen molar-refractivity contribution in [3.05, 3.63) is 29.8 Å². The van der Waals surface area contributed by atoms with Gasteiger partial charge in [0.15, 0.2) is 0 Å². The molecule has 1 aliphatic rings. The lowest BCUT2D eigenvalue weighted by molar-refractivity contribution is 0.499. The Balaban J connectivity index is 2.09. The molecule has 1 aliphatic heterocycles. The number of nitrogens with one attached hydrogen (secondary N) is 2. The first-order valence-corrected chi connectivity index (χ1v) is 8.66. The Hall–Kier alpha value is -1.07. The molecule has 1 unspecified atom stereocenters. The van der Waals surface area contributed by atoms with Crippen LogP contribution in [0, 0.1) is 0 Å². The van der Waals surface area contributed by atoms with Crippen molar-refractivity contribution in [3.63, 3.8) is 0 Å². The standard InChI is InChI=1S/C15H24N2O2S/c1-15(2,3)12-6-8-13(9-7-12)17-20(18,19)14-5-4-10-16-11-14/h6-9,14,16-17H,4-5,10-11H2,1-3H3. The van der Waals surface area contributed by atoms with Crippen molar-refractivity contribution in [2.45, 2.75) is 44.3 Å². The van der Waals surface area contributed by atoms with Gasteiger partial charge in [0.05, 0.1) is 5.25 Å². The normalized spacial score (nSPS) is 20.6. The summed E-state index contributed by atoms with van der Waals surface area (Å²) >= 11 is 0. The first kappa shape index (κ1) is 15.3. The van der Waals surface area contributed by atoms with E-state index in [2.05, 4.69) is 30.8 Å². The van der Waals surface area contributed by atoms with E-state index in [0.717, 1.165) is 19.4 Å². The van der Waals surface area contributed by atoms with Gasteiger partial charge in [-0.25, -0.2) is 8.42 Å². The fourth-order valence-electron chi connectivity index (χ4n) is 2.37. The lowest BCUT2D eigenvalue weighted by atomic mass is 9.87. The highest BCUT2D eigenvalue weighted by Gasteiger charge is 2.27. The van der Waals surface area contributed by atoms with Gasteiger partial charge >= 0.3 is 0 Å². The molecule has 0 aromatic heterocycles. The third-order valence-corrected chi connectivity index (χ3v) is 5.50. The van der Waals surface area contributed by atoms with E-state index in [9.17, 15) is 8.42 Å². The molecule has 1 fully saturated rings. The Labute approximate surface area is 122 Å². The first-order valence-electron chi connectivity index (χ1n) is 7.12. The Bertz CT molecular complexity index is 538. The summed E-state index contributed by atoms with van der Waals surface area (Å²) in [6.07, 6.45) is 1.64. The van der Waals surface area contributed by atoms with E-state index in [1.54, 1.807) is 0 Å². The minimum absolute atomic E-state index is 0.0741. The molecule has 20 heavy (non-hydrogen) atoms. The summed E-state index contributed by atoms with van der Waals surface area (Å²) in [5.41, 5.74) is 1.91. The van der Waals surface area contributed by atoms with Gasteiger partial charge in [0.1, 0.15) is 0 Å². The van der Waals surface area contributed by atoms with Crippen LogP contribution in [-0.4, -0.2) is 26.8 Å². The smallest absolute Gasteiger partial charge is 0.236 e. The van der Waals surface area contributed by atoms with Gasteiger partial charge in [-0.1, -0.05) is 32.9 Å². The summed E-state index contributed by atoms with van der Waals surface area (Å²) in [6, 6.07) is 7.65. The minimum Gasteiger partial charge on any atom is -0.315 e. The van der Waals surface area contributed by atoms with E-state index in [-0.39, 0.29) is 10.7 Å². The number of benzene rings is 1. The molecule has 1 atom stereocenters. The zero-order chi connectivity index (χ0) is 14.8. The largest absolute Gasteiger partial charge is 0.315 e. The van der Waals surface area contributed by atoms with Crippen LogP contribution in [0.3, 0.4) is 0 Å². The summed E-state index contributed by atoms with van der Waals surface area (Å²) in [7, 11) is -3.30. The van der Waals surface area contributed by atoms with Gasteiger partial charge in [0.2, 0.25) is 10.0 Å². The molecular weight excluding hydrogens is 272 g/mol. The van der Waals surface area contributed by atoms with Gasteiger partial charge in [0.25, 0.3) is 0 Å². The molecule has 2 rings (SSSR count). The van der Waals surface area contributed by atoms with E-state index >= 15 is 0 Å². The highest BCUT2D eigenvalue weighted by atomic mass is 32.2. The number of hydrogen-bond donors (Lipinski definition) is 2. The van der Waals surface area contributed by atoms with E-state index in [1.165, 1.54) is 5.56 Å². The number of sulfonamides is 1. The SMILES string of the molecule is CC(C)(C)c1ccc(NS(=O)(=O)C2CCCNC2)cc1. The van der Waals surface area contributed by atoms with Crippen molar-refractivity contribution >= 4 is 15.7 Å². The van der Waals surface area contributed by atoms with Gasteiger partial charge in [0, 0.05) is 12.2 Å². The topological polar surface area (TPSA) is 58.2 Å². The minimum atomic E-state index is -3.30. The molecule has 2 N–H and O–H groups in total. The van der Waals surface area contributed by atoms with Crippen LogP contribution in [0.15, 0.2) is 24.3 Å². The van der Waals surface area contributed by atoms with Crippen molar-refractivity contribution in [3.8, 4) is 0 Å². The monoisotopic (exact) mass is 296 g/mol. The molecule has 4 nitrogen and oxygen atoms in total. The zero-order valence-electron chi connectivity index (χ0n) is 12.4. The molecule has 0 aliphatic carbocycles. The fourth-order valence-corrected chi connectivity index (χ4v) is 3.82. The molecule has 5 heteroatoms. The molecular formula is C15H24N2O2S. The zero-order valence-corrected chi connectivity index (χ0v) is 13.3. The summed E-state index contributed by atoms with van der Waals surface area (Å²) in [4.78, 5) is 0. The van der Waals surface area contributed by atoms with Crippen LogP contribution in [0.1, 0.15) is 39.2 Å². The predicted octanol–water partition coefficient (Wildman–Crippen LogP) is 2.48.